The third-order valence-electron chi connectivity index (χ3n) is 5.08. The summed E-state index contributed by atoms with van der Waals surface area (Å²) < 4.78 is 27.6. The van der Waals surface area contributed by atoms with E-state index in [-0.39, 0.29) is 16.7 Å². The van der Waals surface area contributed by atoms with Crippen LogP contribution < -0.4 is 0 Å². The third kappa shape index (κ3) is 2.57. The molecule has 0 saturated carbocycles. The summed E-state index contributed by atoms with van der Waals surface area (Å²) in [7, 11) is 0.175. The number of aromatic nitrogens is 1. The van der Waals surface area contributed by atoms with E-state index >= 15 is 0 Å². The summed E-state index contributed by atoms with van der Waals surface area (Å²) in [5.41, 5.74) is 2.08. The third-order valence-corrected chi connectivity index (χ3v) is 6.77. The lowest BCUT2D eigenvalue weighted by molar-refractivity contribution is 0.0948. The second-order valence-corrected chi connectivity index (χ2v) is 8.73. The first kappa shape index (κ1) is 17.0. The zero-order valence-electron chi connectivity index (χ0n) is 14.7. The standard InChI is InChI=1S/C20H20N2O3S/c1-21(2)15-11-14-13-22(26(24,25)16-7-4-3-5-8-16)18-10-6-9-17(20(14)18)19(23)12-15/h3-10,13,15H,11-12H2,1-2H3. The monoisotopic (exact) mass is 368 g/mol. The summed E-state index contributed by atoms with van der Waals surface area (Å²) in [4.78, 5) is 15.0. The van der Waals surface area contributed by atoms with Crippen LogP contribution in [0.15, 0.2) is 59.6 Å². The summed E-state index contributed by atoms with van der Waals surface area (Å²) in [6.07, 6.45) is 2.77. The van der Waals surface area contributed by atoms with Gasteiger partial charge in [0.05, 0.1) is 10.4 Å². The summed E-state index contributed by atoms with van der Waals surface area (Å²) in [5.74, 6) is 0.0582. The maximum atomic E-state index is 13.2. The SMILES string of the molecule is CN(C)C1CC(=O)c2cccc3c2c(cn3S(=O)(=O)c2ccccc2)C1. The number of carbonyl (C=O) groups excluding carboxylic acids is 1. The van der Waals surface area contributed by atoms with Crippen molar-refractivity contribution in [3.05, 3.63) is 65.9 Å². The summed E-state index contributed by atoms with van der Waals surface area (Å²) in [5, 5.41) is 0.765. The van der Waals surface area contributed by atoms with Crippen molar-refractivity contribution >= 4 is 26.7 Å². The summed E-state index contributed by atoms with van der Waals surface area (Å²) >= 11 is 0. The van der Waals surface area contributed by atoms with E-state index in [0.29, 0.717) is 23.9 Å². The molecule has 26 heavy (non-hydrogen) atoms. The molecule has 0 radical (unpaired) electrons. The average Bonchev–Trinajstić information content (AvgIpc) is 2.93. The van der Waals surface area contributed by atoms with Gasteiger partial charge in [0.15, 0.2) is 5.78 Å². The number of hydrogen-bond acceptors (Lipinski definition) is 4. The van der Waals surface area contributed by atoms with Crippen LogP contribution in [0.2, 0.25) is 0 Å². The van der Waals surface area contributed by atoms with Gasteiger partial charge in [-0.25, -0.2) is 12.4 Å². The van der Waals surface area contributed by atoms with Gasteiger partial charge in [0.2, 0.25) is 0 Å². The van der Waals surface area contributed by atoms with E-state index in [1.807, 2.05) is 19.0 Å². The van der Waals surface area contributed by atoms with Crippen molar-refractivity contribution in [2.45, 2.75) is 23.8 Å². The van der Waals surface area contributed by atoms with Gasteiger partial charge in [-0.3, -0.25) is 4.79 Å². The van der Waals surface area contributed by atoms with Crippen molar-refractivity contribution in [2.75, 3.05) is 14.1 Å². The zero-order chi connectivity index (χ0) is 18.5. The molecule has 0 amide bonds. The van der Waals surface area contributed by atoms with E-state index in [2.05, 4.69) is 0 Å². The highest BCUT2D eigenvalue weighted by molar-refractivity contribution is 7.90. The molecule has 1 aliphatic rings. The fourth-order valence-electron chi connectivity index (χ4n) is 3.64. The highest BCUT2D eigenvalue weighted by Crippen LogP contribution is 2.33. The molecule has 0 bridgehead atoms. The first-order valence-corrected chi connectivity index (χ1v) is 9.97. The van der Waals surface area contributed by atoms with Gasteiger partial charge in [0.1, 0.15) is 0 Å². The molecule has 4 rings (SSSR count). The van der Waals surface area contributed by atoms with E-state index in [4.69, 9.17) is 0 Å². The molecule has 6 heteroatoms. The first-order chi connectivity index (χ1) is 12.4. The number of Topliss-reactive ketones (excluding diaryl/α,β-unsaturated/α-hetero) is 1. The van der Waals surface area contributed by atoms with Crippen molar-refractivity contribution in [1.29, 1.82) is 0 Å². The van der Waals surface area contributed by atoms with Gasteiger partial charge in [-0.1, -0.05) is 30.3 Å². The maximum absolute atomic E-state index is 13.2. The fraction of sp³-hybridized carbons (Fsp3) is 0.250. The second kappa shape index (κ2) is 6.07. The van der Waals surface area contributed by atoms with Crippen LogP contribution >= 0.6 is 0 Å². The fourth-order valence-corrected chi connectivity index (χ4v) is 5.05. The molecule has 3 aromatic rings. The van der Waals surface area contributed by atoms with Crippen LogP contribution in [0.1, 0.15) is 22.3 Å². The minimum atomic E-state index is -3.72. The molecule has 0 N–H and O–H groups in total. The lowest BCUT2D eigenvalue weighted by Crippen LogP contribution is -2.31. The molecule has 1 unspecified atom stereocenters. The van der Waals surface area contributed by atoms with Crippen LogP contribution in [0.4, 0.5) is 0 Å². The van der Waals surface area contributed by atoms with E-state index < -0.39 is 10.0 Å². The number of ketones is 1. The van der Waals surface area contributed by atoms with E-state index in [1.54, 1.807) is 54.7 Å². The Morgan fingerprint density at radius 2 is 1.73 bits per heavy atom. The molecular formula is C20H20N2O3S. The number of hydrogen-bond donors (Lipinski definition) is 0. The minimum Gasteiger partial charge on any atom is -0.306 e. The van der Waals surface area contributed by atoms with Crippen LogP contribution in [0.5, 0.6) is 0 Å². The van der Waals surface area contributed by atoms with Crippen LogP contribution in [0.3, 0.4) is 0 Å². The van der Waals surface area contributed by atoms with E-state index in [0.717, 1.165) is 10.9 Å². The maximum Gasteiger partial charge on any atom is 0.268 e. The Morgan fingerprint density at radius 3 is 2.42 bits per heavy atom. The van der Waals surface area contributed by atoms with Crippen molar-refractivity contribution in [2.24, 2.45) is 0 Å². The van der Waals surface area contributed by atoms with Gasteiger partial charge in [0.25, 0.3) is 10.0 Å². The van der Waals surface area contributed by atoms with Gasteiger partial charge in [0, 0.05) is 29.6 Å². The van der Waals surface area contributed by atoms with E-state index in [1.165, 1.54) is 3.97 Å². The topological polar surface area (TPSA) is 59.4 Å². The molecule has 0 aliphatic heterocycles. The molecule has 134 valence electrons. The van der Waals surface area contributed by atoms with Crippen LogP contribution in [0.25, 0.3) is 10.9 Å². The lowest BCUT2D eigenvalue weighted by Gasteiger charge is -2.21. The van der Waals surface area contributed by atoms with Crippen LogP contribution in [-0.2, 0) is 16.4 Å². The van der Waals surface area contributed by atoms with Gasteiger partial charge < -0.3 is 4.90 Å². The summed E-state index contributed by atoms with van der Waals surface area (Å²) in [6.45, 7) is 0. The van der Waals surface area contributed by atoms with E-state index in [9.17, 15) is 13.2 Å². The van der Waals surface area contributed by atoms with Gasteiger partial charge in [-0.2, -0.15) is 0 Å². The molecule has 2 aromatic carbocycles. The predicted octanol–water partition coefficient (Wildman–Crippen LogP) is 2.94. The first-order valence-electron chi connectivity index (χ1n) is 8.53. The Morgan fingerprint density at radius 1 is 1.00 bits per heavy atom. The number of nitrogens with zero attached hydrogens (tertiary/aromatic N) is 2. The quantitative estimate of drug-likeness (QED) is 0.713. The highest BCUT2D eigenvalue weighted by Gasteiger charge is 2.29. The Balaban J connectivity index is 1.98. The molecule has 1 heterocycles. The molecule has 1 atom stereocenters. The second-order valence-electron chi connectivity index (χ2n) is 6.92. The van der Waals surface area contributed by atoms with Crippen molar-refractivity contribution in [3.63, 3.8) is 0 Å². The molecule has 1 aliphatic carbocycles. The molecule has 0 fully saturated rings. The van der Waals surface area contributed by atoms with Crippen molar-refractivity contribution in [1.82, 2.24) is 8.87 Å². The molecular weight excluding hydrogens is 348 g/mol. The van der Waals surface area contributed by atoms with Crippen LogP contribution in [0, 0.1) is 0 Å². The average molecular weight is 368 g/mol. The minimum absolute atomic E-state index is 0.0494. The number of carbonyl (C=O) groups is 1. The van der Waals surface area contributed by atoms with Gasteiger partial charge in [-0.05, 0) is 44.3 Å². The lowest BCUT2D eigenvalue weighted by atomic mass is 10.0. The predicted molar refractivity (Wildman–Crippen MR) is 101 cm³/mol. The number of likely N-dealkylation sites (N-methyl/N-ethyl adjacent to an activating group) is 1. The Labute approximate surface area is 152 Å². The normalized spacial score (nSPS) is 17.7. The smallest absolute Gasteiger partial charge is 0.268 e. The zero-order valence-corrected chi connectivity index (χ0v) is 15.5. The van der Waals surface area contributed by atoms with Crippen LogP contribution in [-0.4, -0.2) is 43.2 Å². The summed E-state index contributed by atoms with van der Waals surface area (Å²) in [6, 6.07) is 13.8. The van der Waals surface area contributed by atoms with Crippen molar-refractivity contribution < 1.29 is 13.2 Å². The largest absolute Gasteiger partial charge is 0.306 e. The molecule has 0 spiro atoms. The molecule has 5 nitrogen and oxygen atoms in total. The molecule has 0 saturated heterocycles. The molecule has 1 aromatic heterocycles. The van der Waals surface area contributed by atoms with Crippen molar-refractivity contribution in [3.8, 4) is 0 Å². The Bertz CT molecular complexity index is 1100. The Hall–Kier alpha value is -2.44. The highest BCUT2D eigenvalue weighted by atomic mass is 32.2. The van der Waals surface area contributed by atoms with Gasteiger partial charge in [-0.15, -0.1) is 0 Å². The number of benzene rings is 2. The Kier molecular flexibility index (Phi) is 3.97. The van der Waals surface area contributed by atoms with Gasteiger partial charge >= 0.3 is 0 Å². The number of rotatable bonds is 3.